The molecule has 2 aliphatic heterocycles. The predicted octanol–water partition coefficient (Wildman–Crippen LogP) is 8.20. The van der Waals surface area contributed by atoms with Crippen LogP contribution in [-0.2, 0) is 5.41 Å². The predicted molar refractivity (Wildman–Crippen MR) is 187 cm³/mol. The molecule has 9 rings (SSSR count). The SMILES string of the molecule is CC(C)(C)c1ccc(-c2ccc3c(c2)N(c2ccccc2)C2C=CC=C4Oc5c(oc6ccc(-c7ccncn7)cc56)B3C42)cc1. The maximum Gasteiger partial charge on any atom is 0.276 e. The fourth-order valence-corrected chi connectivity index (χ4v) is 7.43. The van der Waals surface area contributed by atoms with Crippen LogP contribution in [0.3, 0.4) is 0 Å². The summed E-state index contributed by atoms with van der Waals surface area (Å²) in [5, 5.41) is 0.958. The number of aromatic nitrogens is 2. The van der Waals surface area contributed by atoms with Crippen LogP contribution in [0, 0.1) is 0 Å². The van der Waals surface area contributed by atoms with E-state index in [1.165, 1.54) is 27.8 Å². The Kier molecular flexibility index (Phi) is 5.91. The number of rotatable bonds is 3. The zero-order chi connectivity index (χ0) is 31.0. The smallest absolute Gasteiger partial charge is 0.276 e. The van der Waals surface area contributed by atoms with Crippen molar-refractivity contribution in [2.45, 2.75) is 38.0 Å². The lowest BCUT2D eigenvalue weighted by Crippen LogP contribution is -2.61. The van der Waals surface area contributed by atoms with Crippen molar-refractivity contribution in [1.29, 1.82) is 0 Å². The van der Waals surface area contributed by atoms with E-state index in [2.05, 4.69) is 139 Å². The van der Waals surface area contributed by atoms with E-state index in [-0.39, 0.29) is 24.0 Å². The molecule has 2 atom stereocenters. The Morgan fingerprint density at radius 1 is 0.826 bits per heavy atom. The molecule has 0 radical (unpaired) electrons. The van der Waals surface area contributed by atoms with Crippen LogP contribution in [0.2, 0.25) is 5.82 Å². The minimum absolute atomic E-state index is 0.00729. The van der Waals surface area contributed by atoms with Gasteiger partial charge in [-0.3, -0.25) is 0 Å². The Bertz CT molecular complexity index is 2180. The minimum atomic E-state index is -0.00729. The molecule has 222 valence electrons. The molecular formula is C40H32BN3O2. The average molecular weight is 598 g/mol. The number of fused-ring (bicyclic) bond motifs is 6. The summed E-state index contributed by atoms with van der Waals surface area (Å²) in [5.74, 6) is 1.83. The standard InChI is InChI=1S/C40H32BN3O2/c1-40(2,3)28-16-12-25(13-17-28)26-14-18-31-34(23-26)44(29-8-5-4-6-9-29)33-10-7-11-36-37(33)41(31)39-38(45-36)30-22-27(15-19-35(30)46-39)32-20-21-42-24-43-32/h4-24,33,37H,1-3H3. The monoisotopic (exact) mass is 597 g/mol. The number of hydrogen-bond donors (Lipinski definition) is 0. The number of para-hydroxylation sites is 1. The second-order valence-corrected chi connectivity index (χ2v) is 13.5. The number of ether oxygens (including phenoxy) is 1. The van der Waals surface area contributed by atoms with E-state index < -0.39 is 0 Å². The van der Waals surface area contributed by atoms with Gasteiger partial charge in [0.05, 0.1) is 17.1 Å². The Labute approximate surface area is 269 Å². The summed E-state index contributed by atoms with van der Waals surface area (Å²) in [5.41, 5.74) is 11.0. The Hall–Kier alpha value is -5.36. The van der Waals surface area contributed by atoms with Crippen molar-refractivity contribution in [3.8, 4) is 28.1 Å². The molecule has 0 amide bonds. The van der Waals surface area contributed by atoms with Gasteiger partial charge in [0.2, 0.25) is 0 Å². The van der Waals surface area contributed by atoms with Crippen molar-refractivity contribution in [3.63, 3.8) is 0 Å². The Morgan fingerprint density at radius 3 is 2.41 bits per heavy atom. The molecule has 0 fully saturated rings. The third kappa shape index (κ3) is 4.17. The lowest BCUT2D eigenvalue weighted by atomic mass is 9.31. The van der Waals surface area contributed by atoms with Crippen LogP contribution < -0.4 is 20.8 Å². The fourth-order valence-electron chi connectivity index (χ4n) is 7.43. The van der Waals surface area contributed by atoms with Crippen LogP contribution in [0.25, 0.3) is 33.4 Å². The van der Waals surface area contributed by atoms with E-state index >= 15 is 0 Å². The molecule has 46 heavy (non-hydrogen) atoms. The summed E-state index contributed by atoms with van der Waals surface area (Å²) in [4.78, 5) is 11.0. The molecule has 5 nitrogen and oxygen atoms in total. The second kappa shape index (κ2) is 10.1. The van der Waals surface area contributed by atoms with E-state index in [4.69, 9.17) is 9.15 Å². The molecule has 3 aliphatic rings. The lowest BCUT2D eigenvalue weighted by Gasteiger charge is -2.48. The van der Waals surface area contributed by atoms with Crippen molar-refractivity contribution in [3.05, 3.63) is 139 Å². The fraction of sp³-hybridized carbons (Fsp3) is 0.150. The van der Waals surface area contributed by atoms with E-state index in [1.807, 2.05) is 12.1 Å². The van der Waals surface area contributed by atoms with Crippen LogP contribution in [0.15, 0.2) is 138 Å². The normalized spacial score (nSPS) is 18.0. The highest BCUT2D eigenvalue weighted by atomic mass is 16.5. The van der Waals surface area contributed by atoms with Gasteiger partial charge in [0.25, 0.3) is 6.71 Å². The summed E-state index contributed by atoms with van der Waals surface area (Å²) < 4.78 is 13.6. The molecule has 0 bridgehead atoms. The topological polar surface area (TPSA) is 51.4 Å². The first-order valence-corrected chi connectivity index (χ1v) is 15.9. The number of anilines is 2. The van der Waals surface area contributed by atoms with Crippen molar-refractivity contribution in [1.82, 2.24) is 9.97 Å². The van der Waals surface area contributed by atoms with E-state index in [9.17, 15) is 0 Å². The maximum atomic E-state index is 6.80. The molecule has 4 aromatic carbocycles. The molecule has 0 N–H and O–H groups in total. The first-order valence-electron chi connectivity index (χ1n) is 15.9. The number of benzene rings is 4. The number of allylic oxidation sites excluding steroid dienone is 2. The summed E-state index contributed by atoms with van der Waals surface area (Å²) in [6.45, 7) is 6.76. The third-order valence-corrected chi connectivity index (χ3v) is 9.71. The first kappa shape index (κ1) is 27.0. The molecule has 4 heterocycles. The maximum absolute atomic E-state index is 6.80. The molecule has 2 aromatic heterocycles. The average Bonchev–Trinajstić information content (AvgIpc) is 3.46. The van der Waals surface area contributed by atoms with Crippen LogP contribution >= 0.6 is 0 Å². The Balaban J connectivity index is 1.24. The second-order valence-electron chi connectivity index (χ2n) is 13.5. The van der Waals surface area contributed by atoms with Gasteiger partial charge in [-0.05, 0) is 76.1 Å². The van der Waals surface area contributed by atoms with E-state index in [0.717, 1.165) is 45.1 Å². The minimum Gasteiger partial charge on any atom is -0.467 e. The lowest BCUT2D eigenvalue weighted by molar-refractivity contribution is 0.384. The van der Waals surface area contributed by atoms with Crippen LogP contribution in [-0.4, -0.2) is 22.7 Å². The summed E-state index contributed by atoms with van der Waals surface area (Å²) in [7, 11) is 0. The van der Waals surface area contributed by atoms with Gasteiger partial charge in [-0.1, -0.05) is 87.5 Å². The highest BCUT2D eigenvalue weighted by Crippen LogP contribution is 2.49. The highest BCUT2D eigenvalue weighted by molar-refractivity contribution is 6.89. The van der Waals surface area contributed by atoms with Gasteiger partial charge < -0.3 is 14.1 Å². The summed E-state index contributed by atoms with van der Waals surface area (Å²) in [6.07, 6.45) is 9.93. The largest absolute Gasteiger partial charge is 0.467 e. The quantitative estimate of drug-likeness (QED) is 0.193. The van der Waals surface area contributed by atoms with Gasteiger partial charge in [0, 0.05) is 29.0 Å². The van der Waals surface area contributed by atoms with Gasteiger partial charge >= 0.3 is 0 Å². The first-order chi connectivity index (χ1) is 22.4. The van der Waals surface area contributed by atoms with Crippen LogP contribution in [0.4, 0.5) is 11.4 Å². The molecule has 0 saturated carbocycles. The van der Waals surface area contributed by atoms with Gasteiger partial charge in [0.15, 0.2) is 5.75 Å². The molecule has 6 aromatic rings. The molecule has 2 unspecified atom stereocenters. The van der Waals surface area contributed by atoms with Crippen molar-refractivity contribution in [2.24, 2.45) is 0 Å². The Morgan fingerprint density at radius 2 is 1.63 bits per heavy atom. The third-order valence-electron chi connectivity index (χ3n) is 9.71. The van der Waals surface area contributed by atoms with Crippen molar-refractivity contribution >= 4 is 40.2 Å². The number of furan rings is 1. The molecular weight excluding hydrogens is 565 g/mol. The summed E-state index contributed by atoms with van der Waals surface area (Å²) in [6, 6.07) is 34.9. The zero-order valence-electron chi connectivity index (χ0n) is 26.0. The van der Waals surface area contributed by atoms with Gasteiger partial charge in [-0.25, -0.2) is 9.97 Å². The van der Waals surface area contributed by atoms with Gasteiger partial charge in [0.1, 0.15) is 23.3 Å². The van der Waals surface area contributed by atoms with Crippen LogP contribution in [0.1, 0.15) is 26.3 Å². The molecule has 0 saturated heterocycles. The number of nitrogens with zero attached hydrogens (tertiary/aromatic N) is 3. The van der Waals surface area contributed by atoms with Crippen molar-refractivity contribution < 1.29 is 9.15 Å². The number of hydrogen-bond acceptors (Lipinski definition) is 5. The molecule has 1 aliphatic carbocycles. The van der Waals surface area contributed by atoms with E-state index in [1.54, 1.807) is 12.5 Å². The van der Waals surface area contributed by atoms with Crippen LogP contribution in [0.5, 0.6) is 5.75 Å². The summed E-state index contributed by atoms with van der Waals surface area (Å²) >= 11 is 0. The van der Waals surface area contributed by atoms with E-state index in [0.29, 0.717) is 0 Å². The van der Waals surface area contributed by atoms with Gasteiger partial charge in [-0.2, -0.15) is 0 Å². The van der Waals surface area contributed by atoms with Gasteiger partial charge in [-0.15, -0.1) is 0 Å². The zero-order valence-corrected chi connectivity index (χ0v) is 26.0. The highest BCUT2D eigenvalue weighted by Gasteiger charge is 2.53. The van der Waals surface area contributed by atoms with Crippen molar-refractivity contribution in [2.75, 3.05) is 4.90 Å². The molecule has 6 heteroatoms. The molecule has 0 spiro atoms.